The summed E-state index contributed by atoms with van der Waals surface area (Å²) in [5, 5.41) is 34.2. The highest BCUT2D eigenvalue weighted by atomic mass is 16.3. The number of aryl methyl sites for hydroxylation is 3. The number of fused-ring (bicyclic) bond motifs is 2. The summed E-state index contributed by atoms with van der Waals surface area (Å²) in [4.78, 5) is 29.7. The van der Waals surface area contributed by atoms with E-state index in [4.69, 9.17) is 5.73 Å². The number of hydrogen-bond acceptors (Lipinski definition) is 11. The third kappa shape index (κ3) is 6.68. The lowest BCUT2D eigenvalue weighted by Gasteiger charge is -2.41. The summed E-state index contributed by atoms with van der Waals surface area (Å²) in [6.07, 6.45) is 3.49. The van der Waals surface area contributed by atoms with E-state index < -0.39 is 12.3 Å². The SMILES string of the molecule is CCC1CCC(Nc2nc(N)nc(Nc3cc(Nc4ccc5c6c4C(=O)c4ccccc4C6=C(C(O)c4cccc(C)c4)C(O)N5C)c(C)cc3C)n2)CC1. The van der Waals surface area contributed by atoms with Crippen LogP contribution in [0.15, 0.2) is 78.4 Å². The monoisotopic (exact) mass is 736 g/mol. The minimum atomic E-state index is -1.13. The van der Waals surface area contributed by atoms with E-state index in [0.29, 0.717) is 68.3 Å². The summed E-state index contributed by atoms with van der Waals surface area (Å²) in [6, 6.07) is 23.2. The minimum Gasteiger partial charge on any atom is -0.384 e. The predicted molar refractivity (Wildman–Crippen MR) is 219 cm³/mol. The maximum absolute atomic E-state index is 14.6. The zero-order chi connectivity index (χ0) is 38.5. The van der Waals surface area contributed by atoms with Gasteiger partial charge in [-0.15, -0.1) is 0 Å². The van der Waals surface area contributed by atoms with Gasteiger partial charge in [0.1, 0.15) is 6.10 Å². The van der Waals surface area contributed by atoms with Crippen molar-refractivity contribution in [3.63, 3.8) is 0 Å². The molecular formula is C44H48N8O3. The highest BCUT2D eigenvalue weighted by Gasteiger charge is 2.42. The molecule has 1 saturated carbocycles. The molecule has 11 nitrogen and oxygen atoms in total. The van der Waals surface area contributed by atoms with Crippen LogP contribution in [0, 0.1) is 26.7 Å². The van der Waals surface area contributed by atoms with Crippen LogP contribution in [0.4, 0.5) is 40.6 Å². The molecule has 1 aliphatic heterocycles. The van der Waals surface area contributed by atoms with Crippen molar-refractivity contribution in [3.05, 3.63) is 123 Å². The molecule has 0 bridgehead atoms. The average Bonchev–Trinajstić information content (AvgIpc) is 3.17. The van der Waals surface area contributed by atoms with Gasteiger partial charge in [-0.1, -0.05) is 73.5 Å². The Bertz CT molecular complexity index is 2350. The van der Waals surface area contributed by atoms with Gasteiger partial charge in [-0.3, -0.25) is 4.79 Å². The van der Waals surface area contributed by atoms with E-state index in [1.807, 2.05) is 87.5 Å². The van der Waals surface area contributed by atoms with Gasteiger partial charge >= 0.3 is 0 Å². The summed E-state index contributed by atoms with van der Waals surface area (Å²) in [5.41, 5.74) is 16.1. The van der Waals surface area contributed by atoms with Gasteiger partial charge in [-0.25, -0.2) is 0 Å². The largest absolute Gasteiger partial charge is 0.384 e. The standard InChI is InChI=1S/C44H48N8O3/c1-6-26-14-16-28(17-15-26)46-43-49-42(45)50-44(51-43)48-33-22-32(24(3)21-25(33)4)47-31-18-19-34-37-35(29-12-7-8-13-30(29)40(54)36(31)37)38(41(55)52(34)5)39(53)27-11-9-10-23(2)20-27/h7-13,18-22,26,28,39,41,47,53,55H,6,14-17H2,1-5H3,(H4,45,46,48,49,50,51). The fourth-order valence-corrected chi connectivity index (χ4v) is 8.51. The van der Waals surface area contributed by atoms with Gasteiger partial charge < -0.3 is 36.8 Å². The zero-order valence-corrected chi connectivity index (χ0v) is 31.9. The molecule has 8 rings (SSSR count). The molecule has 2 heterocycles. The number of aliphatic hydroxyl groups is 2. The first kappa shape index (κ1) is 36.2. The van der Waals surface area contributed by atoms with E-state index >= 15 is 0 Å². The van der Waals surface area contributed by atoms with Crippen molar-refractivity contribution in [1.29, 1.82) is 0 Å². The van der Waals surface area contributed by atoms with Crippen molar-refractivity contribution in [1.82, 2.24) is 15.0 Å². The maximum atomic E-state index is 14.6. The van der Waals surface area contributed by atoms with Gasteiger partial charge in [0.05, 0.1) is 11.3 Å². The summed E-state index contributed by atoms with van der Waals surface area (Å²) >= 11 is 0. The number of carbonyl (C=O) groups is 1. The van der Waals surface area contributed by atoms with Crippen molar-refractivity contribution in [2.24, 2.45) is 5.92 Å². The number of anilines is 7. The second-order valence-electron chi connectivity index (χ2n) is 15.2. The lowest BCUT2D eigenvalue weighted by molar-refractivity contribution is 0.103. The molecule has 0 spiro atoms. The Labute approximate surface area is 321 Å². The smallest absolute Gasteiger partial charge is 0.233 e. The van der Waals surface area contributed by atoms with E-state index in [0.717, 1.165) is 46.8 Å². The molecular weight excluding hydrogens is 689 g/mol. The van der Waals surface area contributed by atoms with Gasteiger partial charge in [0.25, 0.3) is 0 Å². The lowest BCUT2D eigenvalue weighted by atomic mass is 9.74. The van der Waals surface area contributed by atoms with Crippen LogP contribution in [0.2, 0.25) is 0 Å². The first-order valence-electron chi connectivity index (χ1n) is 19.1. The number of rotatable bonds is 9. The number of nitrogen functional groups attached to an aromatic ring is 1. The fourth-order valence-electron chi connectivity index (χ4n) is 8.51. The van der Waals surface area contributed by atoms with Crippen LogP contribution < -0.4 is 26.6 Å². The van der Waals surface area contributed by atoms with Crippen LogP contribution in [-0.2, 0) is 0 Å². The number of nitrogens with two attached hydrogens (primary N) is 1. The highest BCUT2D eigenvalue weighted by molar-refractivity contribution is 6.24. The van der Waals surface area contributed by atoms with Crippen molar-refractivity contribution >= 4 is 52.0 Å². The molecule has 1 fully saturated rings. The van der Waals surface area contributed by atoms with Crippen molar-refractivity contribution in [2.45, 2.75) is 78.2 Å². The molecule has 5 aromatic rings. The Morgan fingerprint density at radius 1 is 0.818 bits per heavy atom. The molecule has 2 aliphatic carbocycles. The third-order valence-electron chi connectivity index (χ3n) is 11.6. The molecule has 2 atom stereocenters. The Hall–Kier alpha value is -5.78. The van der Waals surface area contributed by atoms with Crippen LogP contribution in [0.3, 0.4) is 0 Å². The molecule has 1 aromatic heterocycles. The second kappa shape index (κ2) is 14.5. The number of aromatic nitrogens is 3. The number of benzene rings is 4. The molecule has 0 radical (unpaired) electrons. The Kier molecular flexibility index (Phi) is 9.52. The number of likely N-dealkylation sites (N-methyl/N-ethyl adjacent to an activating group) is 1. The summed E-state index contributed by atoms with van der Waals surface area (Å²) in [7, 11) is 1.78. The van der Waals surface area contributed by atoms with Gasteiger partial charge in [-0.2, -0.15) is 15.0 Å². The van der Waals surface area contributed by atoms with Crippen LogP contribution in [-0.4, -0.2) is 50.3 Å². The van der Waals surface area contributed by atoms with Crippen LogP contribution in [0.5, 0.6) is 0 Å². The number of nitrogens with zero attached hydrogens (tertiary/aromatic N) is 4. The normalized spacial score (nSPS) is 19.4. The number of ketones is 1. The first-order chi connectivity index (χ1) is 26.5. The summed E-state index contributed by atoms with van der Waals surface area (Å²) in [5.74, 6) is 1.56. The topological polar surface area (TPSA) is 162 Å². The maximum Gasteiger partial charge on any atom is 0.233 e. The Morgan fingerprint density at radius 2 is 1.53 bits per heavy atom. The van der Waals surface area contributed by atoms with E-state index in [1.54, 1.807) is 11.9 Å². The van der Waals surface area contributed by atoms with Gasteiger partial charge in [0.2, 0.25) is 17.8 Å². The van der Waals surface area contributed by atoms with Crippen molar-refractivity contribution < 1.29 is 15.0 Å². The molecule has 55 heavy (non-hydrogen) atoms. The minimum absolute atomic E-state index is 0.128. The van der Waals surface area contributed by atoms with Crippen molar-refractivity contribution in [2.75, 3.05) is 33.6 Å². The fraction of sp³-hybridized carbons (Fsp3) is 0.318. The van der Waals surface area contributed by atoms with Gasteiger partial charge in [0, 0.05) is 46.9 Å². The predicted octanol–water partition coefficient (Wildman–Crippen LogP) is 8.10. The lowest BCUT2D eigenvalue weighted by Crippen LogP contribution is -2.40. The number of nitrogens with one attached hydrogen (secondary N) is 3. The van der Waals surface area contributed by atoms with Gasteiger partial charge in [-0.05, 0) is 98.4 Å². The summed E-state index contributed by atoms with van der Waals surface area (Å²) in [6.45, 7) is 8.25. The molecule has 4 aromatic carbocycles. The number of hydrogen-bond donors (Lipinski definition) is 6. The van der Waals surface area contributed by atoms with Gasteiger partial charge in [0.15, 0.2) is 12.0 Å². The zero-order valence-electron chi connectivity index (χ0n) is 31.9. The molecule has 282 valence electrons. The quantitative estimate of drug-likeness (QED) is 0.0851. The Morgan fingerprint density at radius 3 is 2.25 bits per heavy atom. The first-order valence-corrected chi connectivity index (χ1v) is 19.1. The summed E-state index contributed by atoms with van der Waals surface area (Å²) < 4.78 is 0. The molecule has 3 aliphatic rings. The average molecular weight is 737 g/mol. The third-order valence-corrected chi connectivity index (χ3v) is 11.6. The van der Waals surface area contributed by atoms with Crippen LogP contribution in [0.25, 0.3) is 5.57 Å². The molecule has 2 unspecified atom stereocenters. The van der Waals surface area contributed by atoms with Crippen molar-refractivity contribution in [3.8, 4) is 0 Å². The highest BCUT2D eigenvalue weighted by Crippen LogP contribution is 2.51. The van der Waals surface area contributed by atoms with E-state index in [-0.39, 0.29) is 11.7 Å². The molecule has 7 N–H and O–H groups in total. The van der Waals surface area contributed by atoms with E-state index in [2.05, 4.69) is 43.9 Å². The van der Waals surface area contributed by atoms with Crippen LogP contribution in [0.1, 0.15) is 94.4 Å². The van der Waals surface area contributed by atoms with E-state index in [1.165, 1.54) is 19.3 Å². The molecule has 11 heteroatoms. The number of carbonyl (C=O) groups excluding carboxylic acids is 1. The Balaban J connectivity index is 1.17. The molecule has 0 saturated heterocycles. The molecule has 0 amide bonds. The second-order valence-corrected chi connectivity index (χ2v) is 15.2. The van der Waals surface area contributed by atoms with E-state index in [9.17, 15) is 15.0 Å². The van der Waals surface area contributed by atoms with Crippen LogP contribution >= 0.6 is 0 Å². The number of aliphatic hydroxyl groups excluding tert-OH is 2.